The molecule has 0 bridgehead atoms. The van der Waals surface area contributed by atoms with Gasteiger partial charge in [-0.3, -0.25) is 4.98 Å². The Morgan fingerprint density at radius 3 is 2.75 bits per heavy atom. The lowest BCUT2D eigenvalue weighted by atomic mass is 10.1. The van der Waals surface area contributed by atoms with E-state index in [1.54, 1.807) is 12.4 Å². The standard InChI is InChI=1S/C22H17N3O2S/c26-12-10-16-13-18(8-9-21(16)27-19-6-2-1-3-7-19)24-22-25-20(15-28-22)17-5-4-11-23-14-17/h1-9,11-15H,10H2,(H,24,25). The molecule has 5 nitrogen and oxygen atoms in total. The number of benzene rings is 2. The molecule has 0 atom stereocenters. The first-order chi connectivity index (χ1) is 13.8. The number of hydrogen-bond donors (Lipinski definition) is 1. The van der Waals surface area contributed by atoms with Crippen molar-refractivity contribution in [1.82, 2.24) is 9.97 Å². The molecule has 0 saturated heterocycles. The van der Waals surface area contributed by atoms with Crippen molar-refractivity contribution in [2.45, 2.75) is 6.42 Å². The second kappa shape index (κ2) is 8.45. The van der Waals surface area contributed by atoms with Gasteiger partial charge in [-0.1, -0.05) is 18.2 Å². The number of thiazole rings is 1. The van der Waals surface area contributed by atoms with Crippen LogP contribution in [0.3, 0.4) is 0 Å². The highest BCUT2D eigenvalue weighted by Gasteiger charge is 2.09. The maximum Gasteiger partial charge on any atom is 0.187 e. The minimum atomic E-state index is 0.274. The predicted octanol–water partition coefficient (Wildman–Crippen LogP) is 5.48. The van der Waals surface area contributed by atoms with Crippen molar-refractivity contribution < 1.29 is 9.53 Å². The van der Waals surface area contributed by atoms with E-state index in [4.69, 9.17) is 4.74 Å². The van der Waals surface area contributed by atoms with E-state index in [1.165, 1.54) is 11.3 Å². The number of hydrogen-bond acceptors (Lipinski definition) is 6. The molecular formula is C22H17N3O2S. The number of anilines is 2. The maximum absolute atomic E-state index is 11.1. The maximum atomic E-state index is 11.1. The molecule has 0 unspecified atom stereocenters. The van der Waals surface area contributed by atoms with Gasteiger partial charge in [0, 0.05) is 41.0 Å². The van der Waals surface area contributed by atoms with Gasteiger partial charge in [-0.05, 0) is 42.5 Å². The average Bonchev–Trinajstić information content (AvgIpc) is 3.20. The van der Waals surface area contributed by atoms with E-state index in [0.29, 0.717) is 5.75 Å². The molecule has 2 aromatic carbocycles. The van der Waals surface area contributed by atoms with Crippen molar-refractivity contribution in [2.75, 3.05) is 5.32 Å². The Kier molecular flexibility index (Phi) is 5.40. The van der Waals surface area contributed by atoms with Gasteiger partial charge in [0.05, 0.1) is 5.69 Å². The molecular weight excluding hydrogens is 370 g/mol. The van der Waals surface area contributed by atoms with Gasteiger partial charge in [0.15, 0.2) is 5.13 Å². The van der Waals surface area contributed by atoms with Crippen molar-refractivity contribution in [1.29, 1.82) is 0 Å². The Morgan fingerprint density at radius 2 is 1.96 bits per heavy atom. The smallest absolute Gasteiger partial charge is 0.187 e. The highest BCUT2D eigenvalue weighted by atomic mass is 32.1. The number of rotatable bonds is 7. The van der Waals surface area contributed by atoms with Crippen LogP contribution in [0.25, 0.3) is 11.3 Å². The molecule has 0 aliphatic heterocycles. The molecule has 4 aromatic rings. The molecule has 0 spiro atoms. The minimum absolute atomic E-state index is 0.274. The monoisotopic (exact) mass is 387 g/mol. The number of ether oxygens (including phenoxy) is 1. The molecule has 138 valence electrons. The average molecular weight is 387 g/mol. The lowest BCUT2D eigenvalue weighted by Gasteiger charge is -2.12. The number of para-hydroxylation sites is 1. The van der Waals surface area contributed by atoms with Gasteiger partial charge in [-0.2, -0.15) is 0 Å². The predicted molar refractivity (Wildman–Crippen MR) is 111 cm³/mol. The van der Waals surface area contributed by atoms with E-state index in [-0.39, 0.29) is 6.42 Å². The summed E-state index contributed by atoms with van der Waals surface area (Å²) in [5.41, 5.74) is 3.51. The number of carbonyl (C=O) groups is 1. The van der Waals surface area contributed by atoms with E-state index in [1.807, 2.05) is 66.0 Å². The van der Waals surface area contributed by atoms with Gasteiger partial charge in [0.1, 0.15) is 17.8 Å². The zero-order valence-corrected chi connectivity index (χ0v) is 15.7. The Bertz CT molecular complexity index is 1070. The van der Waals surface area contributed by atoms with Crippen LogP contribution < -0.4 is 10.1 Å². The molecule has 0 amide bonds. The molecule has 2 aromatic heterocycles. The summed E-state index contributed by atoms with van der Waals surface area (Å²) in [5.74, 6) is 1.40. The molecule has 0 saturated carbocycles. The van der Waals surface area contributed by atoms with Crippen LogP contribution in [0.4, 0.5) is 10.8 Å². The quantitative estimate of drug-likeness (QED) is 0.425. The molecule has 4 rings (SSSR count). The number of pyridine rings is 1. The lowest BCUT2D eigenvalue weighted by molar-refractivity contribution is -0.107. The number of nitrogens with zero attached hydrogens (tertiary/aromatic N) is 2. The van der Waals surface area contributed by atoms with Crippen LogP contribution in [0.15, 0.2) is 78.4 Å². The summed E-state index contributed by atoms with van der Waals surface area (Å²) < 4.78 is 5.92. The van der Waals surface area contributed by atoms with Gasteiger partial charge in [0.2, 0.25) is 0 Å². The molecule has 1 N–H and O–H groups in total. The van der Waals surface area contributed by atoms with Crippen LogP contribution >= 0.6 is 11.3 Å². The van der Waals surface area contributed by atoms with Crippen molar-refractivity contribution in [3.8, 4) is 22.8 Å². The summed E-state index contributed by atoms with van der Waals surface area (Å²) in [5, 5.41) is 6.06. The van der Waals surface area contributed by atoms with Gasteiger partial charge < -0.3 is 14.8 Å². The zero-order chi connectivity index (χ0) is 19.2. The van der Waals surface area contributed by atoms with E-state index in [9.17, 15) is 4.79 Å². The number of nitrogens with one attached hydrogen (secondary N) is 1. The first-order valence-corrected chi connectivity index (χ1v) is 9.62. The topological polar surface area (TPSA) is 64.1 Å². The van der Waals surface area contributed by atoms with Crippen molar-refractivity contribution in [3.63, 3.8) is 0 Å². The summed E-state index contributed by atoms with van der Waals surface area (Å²) in [7, 11) is 0. The molecule has 0 aliphatic rings. The summed E-state index contributed by atoms with van der Waals surface area (Å²) in [6.07, 6.45) is 4.68. The third kappa shape index (κ3) is 4.24. The molecule has 0 radical (unpaired) electrons. The summed E-state index contributed by atoms with van der Waals surface area (Å²) in [6.45, 7) is 0. The van der Waals surface area contributed by atoms with Crippen molar-refractivity contribution in [3.05, 3.63) is 84.0 Å². The lowest BCUT2D eigenvalue weighted by Crippen LogP contribution is -1.96. The van der Waals surface area contributed by atoms with Crippen molar-refractivity contribution in [2.24, 2.45) is 0 Å². The number of aldehydes is 1. The number of carbonyl (C=O) groups excluding carboxylic acids is 1. The van der Waals surface area contributed by atoms with E-state index in [0.717, 1.165) is 39.7 Å². The third-order valence-corrected chi connectivity index (χ3v) is 4.81. The third-order valence-electron chi connectivity index (χ3n) is 4.05. The van der Waals surface area contributed by atoms with Crippen molar-refractivity contribution >= 4 is 28.4 Å². The molecule has 6 heteroatoms. The van der Waals surface area contributed by atoms with E-state index < -0.39 is 0 Å². The largest absolute Gasteiger partial charge is 0.457 e. The van der Waals surface area contributed by atoms with Gasteiger partial charge >= 0.3 is 0 Å². The molecule has 0 aliphatic carbocycles. The summed E-state index contributed by atoms with van der Waals surface area (Å²) in [6, 6.07) is 19.1. The van der Waals surface area contributed by atoms with Crippen LogP contribution in [0.2, 0.25) is 0 Å². The first kappa shape index (κ1) is 17.9. The number of aromatic nitrogens is 2. The fourth-order valence-corrected chi connectivity index (χ4v) is 3.46. The normalized spacial score (nSPS) is 10.4. The van der Waals surface area contributed by atoms with Crippen LogP contribution in [0.1, 0.15) is 5.56 Å². The second-order valence-corrected chi connectivity index (χ2v) is 6.87. The SMILES string of the molecule is O=CCc1cc(Nc2nc(-c3cccnc3)cs2)ccc1Oc1ccccc1. The summed E-state index contributed by atoms with van der Waals surface area (Å²) >= 11 is 1.51. The van der Waals surface area contributed by atoms with Crippen LogP contribution in [0, 0.1) is 0 Å². The molecule has 28 heavy (non-hydrogen) atoms. The van der Waals surface area contributed by atoms with Crippen LogP contribution in [0.5, 0.6) is 11.5 Å². The highest BCUT2D eigenvalue weighted by Crippen LogP contribution is 2.31. The zero-order valence-electron chi connectivity index (χ0n) is 14.9. The fraction of sp³-hybridized carbons (Fsp3) is 0.0455. The Hall–Kier alpha value is -3.51. The van der Waals surface area contributed by atoms with Crippen LogP contribution in [-0.4, -0.2) is 16.3 Å². The second-order valence-electron chi connectivity index (χ2n) is 6.01. The molecule has 0 fully saturated rings. The molecule has 2 heterocycles. The van der Waals surface area contributed by atoms with Gasteiger partial charge in [-0.25, -0.2) is 4.98 Å². The Labute approximate surface area is 166 Å². The fourth-order valence-electron chi connectivity index (χ4n) is 2.72. The van der Waals surface area contributed by atoms with E-state index >= 15 is 0 Å². The van der Waals surface area contributed by atoms with E-state index in [2.05, 4.69) is 15.3 Å². The van der Waals surface area contributed by atoms with Crippen LogP contribution in [-0.2, 0) is 11.2 Å². The first-order valence-electron chi connectivity index (χ1n) is 8.74. The highest BCUT2D eigenvalue weighted by molar-refractivity contribution is 7.14. The summed E-state index contributed by atoms with van der Waals surface area (Å²) in [4.78, 5) is 19.9. The van der Waals surface area contributed by atoms with Gasteiger partial charge in [-0.15, -0.1) is 11.3 Å². The van der Waals surface area contributed by atoms with Gasteiger partial charge in [0.25, 0.3) is 0 Å². The Morgan fingerprint density at radius 1 is 1.07 bits per heavy atom. The minimum Gasteiger partial charge on any atom is -0.457 e. The Balaban J connectivity index is 1.54.